The summed E-state index contributed by atoms with van der Waals surface area (Å²) in [5, 5.41) is 0. The van der Waals surface area contributed by atoms with Crippen molar-refractivity contribution >= 4 is 5.57 Å². The second kappa shape index (κ2) is 4.21. The molecule has 0 nitrogen and oxygen atoms in total. The SMILES string of the molecule is CCC1=C(c2ccccc2)c2ccccc2C1. The van der Waals surface area contributed by atoms with Crippen LogP contribution < -0.4 is 0 Å². The molecule has 1 aliphatic rings. The topological polar surface area (TPSA) is 0 Å². The summed E-state index contributed by atoms with van der Waals surface area (Å²) in [5.41, 5.74) is 7.29. The van der Waals surface area contributed by atoms with Gasteiger partial charge in [-0.3, -0.25) is 0 Å². The number of rotatable bonds is 2. The zero-order valence-corrected chi connectivity index (χ0v) is 10.1. The quantitative estimate of drug-likeness (QED) is 0.701. The van der Waals surface area contributed by atoms with Crippen LogP contribution in [0.3, 0.4) is 0 Å². The van der Waals surface area contributed by atoms with Crippen molar-refractivity contribution in [3.63, 3.8) is 0 Å². The van der Waals surface area contributed by atoms with Gasteiger partial charge in [-0.25, -0.2) is 0 Å². The zero-order valence-electron chi connectivity index (χ0n) is 10.1. The van der Waals surface area contributed by atoms with Crippen molar-refractivity contribution in [1.29, 1.82) is 0 Å². The molecule has 0 unspecified atom stereocenters. The Kier molecular flexibility index (Phi) is 2.56. The predicted molar refractivity (Wildman–Crippen MR) is 72.9 cm³/mol. The van der Waals surface area contributed by atoms with E-state index in [-0.39, 0.29) is 0 Å². The van der Waals surface area contributed by atoms with Gasteiger partial charge in [0.1, 0.15) is 0 Å². The molecule has 0 heterocycles. The number of allylic oxidation sites excluding steroid dienone is 1. The third-order valence-corrected chi connectivity index (χ3v) is 3.53. The Balaban J connectivity index is 2.19. The van der Waals surface area contributed by atoms with Gasteiger partial charge >= 0.3 is 0 Å². The average molecular weight is 220 g/mol. The summed E-state index contributed by atoms with van der Waals surface area (Å²) in [4.78, 5) is 0. The standard InChI is InChI=1S/C17H16/c1-2-13-12-15-10-6-7-11-16(15)17(13)14-8-4-3-5-9-14/h3-11H,2,12H2,1H3. The van der Waals surface area contributed by atoms with Gasteiger partial charge in [-0.2, -0.15) is 0 Å². The Hall–Kier alpha value is -1.82. The molecule has 0 atom stereocenters. The van der Waals surface area contributed by atoms with Gasteiger partial charge in [-0.15, -0.1) is 0 Å². The molecule has 17 heavy (non-hydrogen) atoms. The van der Waals surface area contributed by atoms with Crippen LogP contribution in [0.25, 0.3) is 5.57 Å². The van der Waals surface area contributed by atoms with E-state index >= 15 is 0 Å². The molecule has 0 fully saturated rings. The van der Waals surface area contributed by atoms with Gasteiger partial charge in [-0.1, -0.05) is 67.1 Å². The largest absolute Gasteiger partial charge is 0.0622 e. The van der Waals surface area contributed by atoms with Crippen molar-refractivity contribution in [2.75, 3.05) is 0 Å². The smallest absolute Gasteiger partial charge is 0.00516 e. The summed E-state index contributed by atoms with van der Waals surface area (Å²) in [6.45, 7) is 2.25. The Morgan fingerprint density at radius 1 is 0.882 bits per heavy atom. The highest BCUT2D eigenvalue weighted by molar-refractivity contribution is 5.87. The first kappa shape index (κ1) is 10.3. The Morgan fingerprint density at radius 3 is 2.35 bits per heavy atom. The molecular formula is C17H16. The maximum Gasteiger partial charge on any atom is -0.00516 e. The van der Waals surface area contributed by atoms with Crippen LogP contribution in [-0.4, -0.2) is 0 Å². The molecular weight excluding hydrogens is 204 g/mol. The highest BCUT2D eigenvalue weighted by Crippen LogP contribution is 2.38. The van der Waals surface area contributed by atoms with Crippen molar-refractivity contribution in [3.8, 4) is 0 Å². The molecule has 0 bridgehead atoms. The summed E-state index contributed by atoms with van der Waals surface area (Å²) in [7, 11) is 0. The second-order valence-electron chi connectivity index (χ2n) is 4.53. The molecule has 0 amide bonds. The monoisotopic (exact) mass is 220 g/mol. The second-order valence-corrected chi connectivity index (χ2v) is 4.53. The van der Waals surface area contributed by atoms with Crippen LogP contribution in [0.2, 0.25) is 0 Å². The first-order chi connectivity index (χ1) is 8.40. The highest BCUT2D eigenvalue weighted by Gasteiger charge is 2.20. The third-order valence-electron chi connectivity index (χ3n) is 3.53. The van der Waals surface area contributed by atoms with Crippen LogP contribution in [0, 0.1) is 0 Å². The zero-order chi connectivity index (χ0) is 11.7. The third kappa shape index (κ3) is 1.70. The van der Waals surface area contributed by atoms with E-state index in [0.717, 1.165) is 12.8 Å². The highest BCUT2D eigenvalue weighted by atomic mass is 14.2. The van der Waals surface area contributed by atoms with E-state index in [1.807, 2.05) is 0 Å². The normalized spacial score (nSPS) is 13.9. The van der Waals surface area contributed by atoms with Gasteiger partial charge in [0.05, 0.1) is 0 Å². The maximum atomic E-state index is 2.25. The minimum Gasteiger partial charge on any atom is -0.0622 e. The molecule has 0 radical (unpaired) electrons. The van der Waals surface area contributed by atoms with Crippen molar-refractivity contribution in [2.24, 2.45) is 0 Å². The minimum absolute atomic E-state index is 1.12. The average Bonchev–Trinajstić information content (AvgIpc) is 2.78. The molecule has 0 aromatic heterocycles. The van der Waals surface area contributed by atoms with Gasteiger partial charge in [0.15, 0.2) is 0 Å². The lowest BCUT2D eigenvalue weighted by Crippen LogP contribution is -1.87. The summed E-state index contributed by atoms with van der Waals surface area (Å²) in [6, 6.07) is 19.5. The molecule has 0 saturated carbocycles. The number of hydrogen-bond acceptors (Lipinski definition) is 0. The van der Waals surface area contributed by atoms with E-state index in [1.165, 1.54) is 22.3 Å². The summed E-state index contributed by atoms with van der Waals surface area (Å²) in [6.07, 6.45) is 2.26. The Bertz CT molecular complexity index is 562. The van der Waals surface area contributed by atoms with E-state index in [1.54, 1.807) is 5.57 Å². The number of hydrogen-bond donors (Lipinski definition) is 0. The van der Waals surface area contributed by atoms with Crippen molar-refractivity contribution in [3.05, 3.63) is 76.9 Å². The first-order valence-electron chi connectivity index (χ1n) is 6.26. The molecule has 3 rings (SSSR count). The lowest BCUT2D eigenvalue weighted by molar-refractivity contribution is 1.03. The molecule has 0 aliphatic heterocycles. The molecule has 0 N–H and O–H groups in total. The fraction of sp³-hybridized carbons (Fsp3) is 0.176. The Morgan fingerprint density at radius 2 is 1.59 bits per heavy atom. The lowest BCUT2D eigenvalue weighted by Gasteiger charge is -2.07. The van der Waals surface area contributed by atoms with Crippen LogP contribution in [0.1, 0.15) is 30.0 Å². The fourth-order valence-electron chi connectivity index (χ4n) is 2.69. The van der Waals surface area contributed by atoms with Gasteiger partial charge in [0, 0.05) is 0 Å². The van der Waals surface area contributed by atoms with E-state index < -0.39 is 0 Å². The van der Waals surface area contributed by atoms with Crippen molar-refractivity contribution in [2.45, 2.75) is 19.8 Å². The van der Waals surface area contributed by atoms with E-state index in [2.05, 4.69) is 61.5 Å². The van der Waals surface area contributed by atoms with Crippen LogP contribution in [-0.2, 0) is 6.42 Å². The fourth-order valence-corrected chi connectivity index (χ4v) is 2.69. The van der Waals surface area contributed by atoms with Gasteiger partial charge in [0.25, 0.3) is 0 Å². The summed E-state index contributed by atoms with van der Waals surface area (Å²) in [5.74, 6) is 0. The van der Waals surface area contributed by atoms with E-state index in [4.69, 9.17) is 0 Å². The molecule has 2 aromatic carbocycles. The minimum atomic E-state index is 1.12. The van der Waals surface area contributed by atoms with E-state index in [9.17, 15) is 0 Å². The van der Waals surface area contributed by atoms with Crippen LogP contribution >= 0.6 is 0 Å². The van der Waals surface area contributed by atoms with Gasteiger partial charge in [0.2, 0.25) is 0 Å². The van der Waals surface area contributed by atoms with Crippen LogP contribution in [0.4, 0.5) is 0 Å². The van der Waals surface area contributed by atoms with E-state index in [0.29, 0.717) is 0 Å². The van der Waals surface area contributed by atoms with Crippen molar-refractivity contribution < 1.29 is 0 Å². The summed E-state index contributed by atoms with van der Waals surface area (Å²) >= 11 is 0. The maximum absolute atomic E-state index is 2.25. The van der Waals surface area contributed by atoms with Crippen molar-refractivity contribution in [1.82, 2.24) is 0 Å². The molecule has 0 heteroatoms. The lowest BCUT2D eigenvalue weighted by atomic mass is 9.97. The summed E-state index contributed by atoms with van der Waals surface area (Å²) < 4.78 is 0. The molecule has 1 aliphatic carbocycles. The number of benzene rings is 2. The first-order valence-corrected chi connectivity index (χ1v) is 6.26. The predicted octanol–water partition coefficient (Wildman–Crippen LogP) is 4.45. The molecule has 0 spiro atoms. The Labute approximate surface area is 103 Å². The molecule has 2 aromatic rings. The molecule has 0 saturated heterocycles. The molecule has 84 valence electrons. The number of fused-ring (bicyclic) bond motifs is 1. The van der Waals surface area contributed by atoms with Crippen LogP contribution in [0.5, 0.6) is 0 Å². The van der Waals surface area contributed by atoms with Gasteiger partial charge in [-0.05, 0) is 35.1 Å². The van der Waals surface area contributed by atoms with Crippen LogP contribution in [0.15, 0.2) is 60.2 Å². The van der Waals surface area contributed by atoms with Gasteiger partial charge < -0.3 is 0 Å².